The molecular weight excluding hydrogens is 154 g/mol. The van der Waals surface area contributed by atoms with Crippen LogP contribution < -0.4 is 5.73 Å². The van der Waals surface area contributed by atoms with E-state index in [1.165, 1.54) is 0 Å². The Balaban J connectivity index is 4.55. The van der Waals surface area contributed by atoms with Gasteiger partial charge in [-0.25, -0.2) is 4.79 Å². The van der Waals surface area contributed by atoms with E-state index < -0.39 is 17.3 Å². The van der Waals surface area contributed by atoms with E-state index in [1.807, 2.05) is 0 Å². The Hall–Kier alpha value is -0.550. The van der Waals surface area contributed by atoms with Crippen LogP contribution in [0.3, 0.4) is 0 Å². The van der Waals surface area contributed by atoms with Crippen LogP contribution in [-0.2, 0) is 9.59 Å². The molecule has 0 aliphatic heterocycles. The average Bonchev–Trinajstić information content (AvgIpc) is 1.85. The van der Waals surface area contributed by atoms with Gasteiger partial charge in [0, 0.05) is 5.75 Å². The first kappa shape index (κ1) is 9.45. The van der Waals surface area contributed by atoms with Crippen molar-refractivity contribution in [3.05, 3.63) is 0 Å². The summed E-state index contributed by atoms with van der Waals surface area (Å²) in [5.74, 6) is -2.11. The number of carboxylic acid groups (broad SMARTS) is 1. The molecule has 10 heavy (non-hydrogen) atoms. The first-order valence-corrected chi connectivity index (χ1v) is 3.22. The van der Waals surface area contributed by atoms with Crippen LogP contribution in [0, 0.1) is 0 Å². The maximum absolute atomic E-state index is 10.6. The highest BCUT2D eigenvalue weighted by Crippen LogP contribution is 2.04. The molecule has 0 radical (unpaired) electrons. The van der Waals surface area contributed by atoms with Crippen molar-refractivity contribution < 1.29 is 14.7 Å². The maximum atomic E-state index is 10.6. The summed E-state index contributed by atoms with van der Waals surface area (Å²) in [5.41, 5.74) is 3.34. The zero-order chi connectivity index (χ0) is 8.36. The molecule has 0 amide bonds. The summed E-state index contributed by atoms with van der Waals surface area (Å²) >= 11 is 3.65. The van der Waals surface area contributed by atoms with Gasteiger partial charge in [-0.3, -0.25) is 4.79 Å². The number of Topliss-reactive ketones (excluding diaryl/α,β-unsaturated/α-hetero) is 1. The fraction of sp³-hybridized carbons (Fsp3) is 0.600. The van der Waals surface area contributed by atoms with Gasteiger partial charge in [0.15, 0.2) is 11.3 Å². The summed E-state index contributed by atoms with van der Waals surface area (Å²) in [6.07, 6.45) is 0. The van der Waals surface area contributed by atoms with Gasteiger partial charge in [0.1, 0.15) is 0 Å². The van der Waals surface area contributed by atoms with E-state index >= 15 is 0 Å². The number of carbonyl (C=O) groups is 2. The number of rotatable bonds is 3. The second kappa shape index (κ2) is 3.03. The van der Waals surface area contributed by atoms with Crippen LogP contribution in [0.25, 0.3) is 0 Å². The number of hydrogen-bond donors (Lipinski definition) is 3. The maximum Gasteiger partial charge on any atom is 0.332 e. The van der Waals surface area contributed by atoms with Gasteiger partial charge in [-0.2, -0.15) is 12.6 Å². The van der Waals surface area contributed by atoms with E-state index in [-0.39, 0.29) is 5.75 Å². The van der Waals surface area contributed by atoms with Gasteiger partial charge in [0.2, 0.25) is 0 Å². The van der Waals surface area contributed by atoms with Crippen molar-refractivity contribution in [3.8, 4) is 0 Å². The van der Waals surface area contributed by atoms with Crippen LogP contribution in [0.2, 0.25) is 0 Å². The smallest absolute Gasteiger partial charge is 0.332 e. The van der Waals surface area contributed by atoms with Crippen molar-refractivity contribution in [2.75, 3.05) is 5.75 Å². The molecule has 4 nitrogen and oxygen atoms in total. The molecular formula is C5H9NO3S. The number of aliphatic carboxylic acids is 1. The first-order chi connectivity index (χ1) is 4.45. The average molecular weight is 163 g/mol. The largest absolute Gasteiger partial charge is 0.480 e. The summed E-state index contributed by atoms with van der Waals surface area (Å²) in [4.78, 5) is 20.9. The molecule has 0 bridgehead atoms. The Bertz CT molecular complexity index is 154. The lowest BCUT2D eigenvalue weighted by molar-refractivity contribution is -0.146. The van der Waals surface area contributed by atoms with Gasteiger partial charge in [0.05, 0.1) is 0 Å². The Morgan fingerprint density at radius 2 is 2.10 bits per heavy atom. The second-order valence-corrected chi connectivity index (χ2v) is 2.31. The minimum atomic E-state index is -1.82. The molecule has 0 aliphatic rings. The fourth-order valence-corrected chi connectivity index (χ4v) is 0.687. The molecule has 0 aromatic carbocycles. The molecule has 0 aliphatic carbocycles. The lowest BCUT2D eigenvalue weighted by Gasteiger charge is -2.17. The molecule has 3 N–H and O–H groups in total. The molecule has 0 aromatic heterocycles. The third-order valence-electron chi connectivity index (χ3n) is 1.26. The second-order valence-electron chi connectivity index (χ2n) is 1.99. The highest BCUT2D eigenvalue weighted by molar-refractivity contribution is 7.80. The lowest BCUT2D eigenvalue weighted by Crippen LogP contribution is -2.55. The van der Waals surface area contributed by atoms with E-state index in [2.05, 4.69) is 12.6 Å². The van der Waals surface area contributed by atoms with Crippen LogP contribution in [-0.4, -0.2) is 28.2 Å². The predicted octanol–water partition coefficient (Wildman–Crippen LogP) is -0.713. The van der Waals surface area contributed by atoms with Gasteiger partial charge in [-0.05, 0) is 6.92 Å². The molecule has 0 heterocycles. The van der Waals surface area contributed by atoms with Crippen LogP contribution in [0.1, 0.15) is 6.92 Å². The number of nitrogens with two attached hydrogens (primary N) is 1. The molecule has 1 unspecified atom stereocenters. The Morgan fingerprint density at radius 1 is 1.70 bits per heavy atom. The van der Waals surface area contributed by atoms with Crippen LogP contribution in [0.15, 0.2) is 0 Å². The van der Waals surface area contributed by atoms with Crippen molar-refractivity contribution in [3.63, 3.8) is 0 Å². The molecule has 58 valence electrons. The fourth-order valence-electron chi connectivity index (χ4n) is 0.330. The Kier molecular flexibility index (Phi) is 2.86. The van der Waals surface area contributed by atoms with Gasteiger partial charge in [-0.1, -0.05) is 0 Å². The molecule has 0 fully saturated rings. The molecule has 0 saturated heterocycles. The number of ketones is 1. The van der Waals surface area contributed by atoms with E-state index in [0.717, 1.165) is 6.92 Å². The topological polar surface area (TPSA) is 80.4 Å². The zero-order valence-corrected chi connectivity index (χ0v) is 6.39. The third-order valence-corrected chi connectivity index (χ3v) is 1.76. The monoisotopic (exact) mass is 163 g/mol. The number of thiol groups is 1. The Morgan fingerprint density at radius 3 is 2.10 bits per heavy atom. The summed E-state index contributed by atoms with van der Waals surface area (Å²) in [6.45, 7) is 1.13. The SMILES string of the molecule is CC(=O)C(N)(CS)C(=O)O. The number of carboxylic acids is 1. The van der Waals surface area contributed by atoms with Crippen molar-refractivity contribution in [2.45, 2.75) is 12.5 Å². The minimum absolute atomic E-state index is 0.183. The van der Waals surface area contributed by atoms with Gasteiger partial charge in [-0.15, -0.1) is 0 Å². The van der Waals surface area contributed by atoms with E-state index in [1.54, 1.807) is 0 Å². The molecule has 1 atom stereocenters. The predicted molar refractivity (Wildman–Crippen MR) is 39.1 cm³/mol. The summed E-state index contributed by atoms with van der Waals surface area (Å²) < 4.78 is 0. The molecule has 0 spiro atoms. The van der Waals surface area contributed by atoms with Crippen LogP contribution in [0.4, 0.5) is 0 Å². The van der Waals surface area contributed by atoms with E-state index in [9.17, 15) is 9.59 Å². The first-order valence-electron chi connectivity index (χ1n) is 2.59. The van der Waals surface area contributed by atoms with Crippen molar-refractivity contribution in [1.29, 1.82) is 0 Å². The number of hydrogen-bond acceptors (Lipinski definition) is 4. The van der Waals surface area contributed by atoms with Gasteiger partial charge < -0.3 is 10.8 Å². The standard InChI is InChI=1S/C5H9NO3S/c1-3(7)5(6,2-10)4(8)9/h10H,2,6H2,1H3,(H,8,9). The van der Waals surface area contributed by atoms with E-state index in [4.69, 9.17) is 10.8 Å². The van der Waals surface area contributed by atoms with Crippen LogP contribution >= 0.6 is 12.6 Å². The molecule has 0 saturated carbocycles. The normalized spacial score (nSPS) is 15.9. The van der Waals surface area contributed by atoms with Crippen molar-refractivity contribution in [2.24, 2.45) is 5.73 Å². The lowest BCUT2D eigenvalue weighted by atomic mass is 9.99. The summed E-state index contributed by atoms with van der Waals surface area (Å²) in [5, 5.41) is 8.41. The molecule has 0 rings (SSSR count). The highest BCUT2D eigenvalue weighted by Gasteiger charge is 2.37. The highest BCUT2D eigenvalue weighted by atomic mass is 32.1. The quantitative estimate of drug-likeness (QED) is 0.379. The zero-order valence-electron chi connectivity index (χ0n) is 5.50. The molecule has 0 aromatic rings. The Labute approximate surface area is 63.8 Å². The van der Waals surface area contributed by atoms with E-state index in [0.29, 0.717) is 0 Å². The van der Waals surface area contributed by atoms with Gasteiger partial charge in [0.25, 0.3) is 0 Å². The van der Waals surface area contributed by atoms with Crippen LogP contribution in [0.5, 0.6) is 0 Å². The number of carbonyl (C=O) groups excluding carboxylic acids is 1. The minimum Gasteiger partial charge on any atom is -0.480 e. The third kappa shape index (κ3) is 1.48. The van der Waals surface area contributed by atoms with Gasteiger partial charge >= 0.3 is 5.97 Å². The summed E-state index contributed by atoms with van der Waals surface area (Å²) in [6, 6.07) is 0. The molecule has 5 heteroatoms. The van der Waals surface area contributed by atoms with Crippen molar-refractivity contribution in [1.82, 2.24) is 0 Å². The van der Waals surface area contributed by atoms with Crippen molar-refractivity contribution >= 4 is 24.4 Å². The summed E-state index contributed by atoms with van der Waals surface area (Å²) in [7, 11) is 0.